The quantitative estimate of drug-likeness (QED) is 0.307. The molecule has 3 rings (SSSR count). The van der Waals surface area contributed by atoms with E-state index < -0.39 is 6.03 Å². The van der Waals surface area contributed by atoms with Crippen LogP contribution in [0.25, 0.3) is 0 Å². The number of para-hydroxylation sites is 2. The number of nitrogens with two attached hydrogens (primary N) is 2. The fourth-order valence-corrected chi connectivity index (χ4v) is 3.95. The Morgan fingerprint density at radius 1 is 0.941 bits per heavy atom. The maximum absolute atomic E-state index is 12.6. The van der Waals surface area contributed by atoms with Gasteiger partial charge in [-0.1, -0.05) is 36.4 Å². The molecular formula is C26H31N5O3. The second-order valence-corrected chi connectivity index (χ2v) is 8.38. The maximum atomic E-state index is 12.6. The molecule has 2 atom stereocenters. The molecule has 34 heavy (non-hydrogen) atoms. The van der Waals surface area contributed by atoms with Crippen molar-refractivity contribution in [3.8, 4) is 5.75 Å². The first kappa shape index (κ1) is 24.6. The second-order valence-electron chi connectivity index (χ2n) is 8.38. The number of aromatic hydroxyl groups is 1. The van der Waals surface area contributed by atoms with Gasteiger partial charge in [-0.25, -0.2) is 4.79 Å². The number of carbonyl (C=O) groups excluding carboxylic acids is 2. The van der Waals surface area contributed by atoms with Crippen LogP contribution in [0.3, 0.4) is 0 Å². The summed E-state index contributed by atoms with van der Waals surface area (Å²) in [5.74, 6) is -0.0669. The predicted molar refractivity (Wildman–Crippen MR) is 134 cm³/mol. The van der Waals surface area contributed by atoms with Gasteiger partial charge in [0, 0.05) is 11.6 Å². The molecule has 7 N–H and O–H groups in total. The van der Waals surface area contributed by atoms with Crippen molar-refractivity contribution in [2.45, 2.75) is 24.9 Å². The summed E-state index contributed by atoms with van der Waals surface area (Å²) in [6.45, 7) is 0. The minimum absolute atomic E-state index is 0.0330. The number of amides is 3. The summed E-state index contributed by atoms with van der Waals surface area (Å²) in [6, 6.07) is 20.3. The summed E-state index contributed by atoms with van der Waals surface area (Å²) in [7, 11) is 3.94. The Bertz CT molecular complexity index is 1130. The molecule has 0 aliphatic rings. The standard InChI is InChI=1S/C26H31N5O3/c1-31(2)24(19-6-5-7-20(32)16-19)15-14-22(30-26(28)34)17-10-12-18(13-11-17)25(33)29-23-9-4-3-8-21(23)27/h3-13,16,22,24,32H,14-15,27H2,1-2H3,(H,29,33)(H3,28,30,34). The van der Waals surface area contributed by atoms with Gasteiger partial charge >= 0.3 is 6.03 Å². The lowest BCUT2D eigenvalue weighted by atomic mass is 9.94. The number of hydrogen-bond donors (Lipinski definition) is 5. The van der Waals surface area contributed by atoms with Crippen molar-refractivity contribution >= 4 is 23.3 Å². The topological polar surface area (TPSA) is 134 Å². The largest absolute Gasteiger partial charge is 0.508 e. The molecule has 0 aliphatic heterocycles. The smallest absolute Gasteiger partial charge is 0.312 e. The Morgan fingerprint density at radius 2 is 1.65 bits per heavy atom. The van der Waals surface area contributed by atoms with E-state index in [1.807, 2.05) is 38.4 Å². The van der Waals surface area contributed by atoms with Gasteiger partial charge in [-0.05, 0) is 74.5 Å². The lowest BCUT2D eigenvalue weighted by Gasteiger charge is -2.27. The average Bonchev–Trinajstić information content (AvgIpc) is 2.79. The van der Waals surface area contributed by atoms with Crippen molar-refractivity contribution in [3.63, 3.8) is 0 Å². The van der Waals surface area contributed by atoms with Crippen molar-refractivity contribution < 1.29 is 14.7 Å². The van der Waals surface area contributed by atoms with Crippen molar-refractivity contribution in [2.24, 2.45) is 5.73 Å². The number of hydrogen-bond acceptors (Lipinski definition) is 5. The normalized spacial score (nSPS) is 12.7. The van der Waals surface area contributed by atoms with Gasteiger partial charge < -0.3 is 32.1 Å². The van der Waals surface area contributed by atoms with E-state index in [1.165, 1.54) is 0 Å². The van der Waals surface area contributed by atoms with Crippen molar-refractivity contribution in [1.29, 1.82) is 0 Å². The number of phenolic OH excluding ortho intramolecular Hbond substituents is 1. The summed E-state index contributed by atoms with van der Waals surface area (Å²) < 4.78 is 0. The monoisotopic (exact) mass is 461 g/mol. The van der Waals surface area contributed by atoms with Gasteiger partial charge in [-0.3, -0.25) is 4.79 Å². The summed E-state index contributed by atoms with van der Waals surface area (Å²) in [5.41, 5.74) is 14.7. The molecule has 0 spiro atoms. The van der Waals surface area contributed by atoms with E-state index in [0.29, 0.717) is 29.8 Å². The molecule has 0 bridgehead atoms. The Hall–Kier alpha value is -4.04. The minimum atomic E-state index is -0.620. The van der Waals surface area contributed by atoms with Crippen LogP contribution < -0.4 is 22.1 Å². The van der Waals surface area contributed by atoms with E-state index in [9.17, 15) is 14.7 Å². The minimum Gasteiger partial charge on any atom is -0.508 e. The lowest BCUT2D eigenvalue weighted by molar-refractivity contribution is 0.102. The Kier molecular flexibility index (Phi) is 8.10. The molecule has 0 fully saturated rings. The number of phenols is 1. The third-order valence-electron chi connectivity index (χ3n) is 5.71. The zero-order chi connectivity index (χ0) is 24.7. The van der Waals surface area contributed by atoms with Crippen LogP contribution in [0.5, 0.6) is 5.75 Å². The van der Waals surface area contributed by atoms with Crippen LogP contribution in [0.1, 0.15) is 46.4 Å². The molecule has 178 valence electrons. The fraction of sp³-hybridized carbons (Fsp3) is 0.231. The van der Waals surface area contributed by atoms with Crippen LogP contribution >= 0.6 is 0 Å². The van der Waals surface area contributed by atoms with Gasteiger partial charge in [0.2, 0.25) is 0 Å². The molecule has 0 heterocycles. The first-order valence-corrected chi connectivity index (χ1v) is 11.0. The molecule has 2 unspecified atom stereocenters. The number of urea groups is 1. The Labute approximate surface area is 199 Å². The molecule has 3 aromatic carbocycles. The molecule has 3 aromatic rings. The zero-order valence-corrected chi connectivity index (χ0v) is 19.4. The van der Waals surface area contributed by atoms with Crippen LogP contribution in [0.15, 0.2) is 72.8 Å². The fourth-order valence-electron chi connectivity index (χ4n) is 3.95. The number of nitrogens with one attached hydrogen (secondary N) is 2. The third-order valence-corrected chi connectivity index (χ3v) is 5.71. The number of nitrogen functional groups attached to an aromatic ring is 1. The van der Waals surface area contributed by atoms with E-state index in [4.69, 9.17) is 11.5 Å². The number of carbonyl (C=O) groups is 2. The van der Waals surface area contributed by atoms with Gasteiger partial charge in [0.05, 0.1) is 17.4 Å². The van der Waals surface area contributed by atoms with Gasteiger partial charge in [0.25, 0.3) is 5.91 Å². The van der Waals surface area contributed by atoms with E-state index in [2.05, 4.69) is 15.5 Å². The van der Waals surface area contributed by atoms with Crippen molar-refractivity contribution in [2.75, 3.05) is 25.1 Å². The van der Waals surface area contributed by atoms with Crippen LogP contribution in [0.2, 0.25) is 0 Å². The number of nitrogens with zero attached hydrogens (tertiary/aromatic N) is 1. The first-order chi connectivity index (χ1) is 16.2. The summed E-state index contributed by atoms with van der Waals surface area (Å²) in [4.78, 5) is 26.4. The lowest BCUT2D eigenvalue weighted by Crippen LogP contribution is -2.34. The molecule has 0 aliphatic carbocycles. The second kappa shape index (κ2) is 11.2. The van der Waals surface area contributed by atoms with E-state index in [0.717, 1.165) is 11.1 Å². The molecule has 0 radical (unpaired) electrons. The van der Waals surface area contributed by atoms with Crippen LogP contribution in [-0.2, 0) is 0 Å². The Morgan fingerprint density at radius 3 is 2.26 bits per heavy atom. The Balaban J connectivity index is 1.73. The number of benzene rings is 3. The summed E-state index contributed by atoms with van der Waals surface area (Å²) >= 11 is 0. The SMILES string of the molecule is CN(C)C(CCC(NC(N)=O)c1ccc(C(=O)Nc2ccccc2N)cc1)c1cccc(O)c1. The number of anilines is 2. The van der Waals surface area contributed by atoms with Gasteiger partial charge in [0.15, 0.2) is 0 Å². The van der Waals surface area contributed by atoms with E-state index in [-0.39, 0.29) is 23.7 Å². The molecule has 8 heteroatoms. The van der Waals surface area contributed by atoms with Crippen LogP contribution in [0.4, 0.5) is 16.2 Å². The van der Waals surface area contributed by atoms with Crippen molar-refractivity contribution in [3.05, 3.63) is 89.5 Å². The van der Waals surface area contributed by atoms with E-state index >= 15 is 0 Å². The molecule has 0 saturated carbocycles. The highest BCUT2D eigenvalue weighted by Crippen LogP contribution is 2.30. The summed E-state index contributed by atoms with van der Waals surface area (Å²) in [6.07, 6.45) is 1.31. The molecule has 8 nitrogen and oxygen atoms in total. The first-order valence-electron chi connectivity index (χ1n) is 11.0. The maximum Gasteiger partial charge on any atom is 0.312 e. The highest BCUT2D eigenvalue weighted by molar-refractivity contribution is 6.05. The average molecular weight is 462 g/mol. The number of rotatable bonds is 9. The van der Waals surface area contributed by atoms with E-state index in [1.54, 1.807) is 48.5 Å². The third kappa shape index (κ3) is 6.49. The zero-order valence-electron chi connectivity index (χ0n) is 19.4. The highest BCUT2D eigenvalue weighted by atomic mass is 16.3. The predicted octanol–water partition coefficient (Wildman–Crippen LogP) is 4.02. The van der Waals surface area contributed by atoms with Gasteiger partial charge in [-0.2, -0.15) is 0 Å². The van der Waals surface area contributed by atoms with Crippen LogP contribution in [-0.4, -0.2) is 36.0 Å². The van der Waals surface area contributed by atoms with Crippen LogP contribution in [0, 0.1) is 0 Å². The number of primary amides is 1. The van der Waals surface area contributed by atoms with Gasteiger partial charge in [0.1, 0.15) is 5.75 Å². The highest BCUT2D eigenvalue weighted by Gasteiger charge is 2.20. The van der Waals surface area contributed by atoms with Gasteiger partial charge in [-0.15, -0.1) is 0 Å². The summed E-state index contributed by atoms with van der Waals surface area (Å²) in [5, 5.41) is 15.5. The van der Waals surface area contributed by atoms with Crippen molar-refractivity contribution in [1.82, 2.24) is 10.2 Å². The molecular weight excluding hydrogens is 430 g/mol. The molecule has 3 amide bonds. The molecule has 0 saturated heterocycles. The molecule has 0 aromatic heterocycles.